The van der Waals surface area contributed by atoms with Crippen molar-refractivity contribution in [3.8, 4) is 5.75 Å². The molecular formula is C14H19N3O2. The number of nitrogens with zero attached hydrogens (tertiary/aromatic N) is 1. The van der Waals surface area contributed by atoms with Crippen LogP contribution in [0.1, 0.15) is 13.3 Å². The molecule has 0 radical (unpaired) electrons. The van der Waals surface area contributed by atoms with Crippen molar-refractivity contribution in [2.75, 3.05) is 36.4 Å². The van der Waals surface area contributed by atoms with Gasteiger partial charge >= 0.3 is 0 Å². The summed E-state index contributed by atoms with van der Waals surface area (Å²) in [4.78, 5) is 14.0. The minimum absolute atomic E-state index is 0.0173. The quantitative estimate of drug-likeness (QED) is 0.798. The van der Waals surface area contributed by atoms with Crippen LogP contribution in [0.5, 0.6) is 5.75 Å². The lowest BCUT2D eigenvalue weighted by Crippen LogP contribution is -2.43. The van der Waals surface area contributed by atoms with Crippen LogP contribution in [0.3, 0.4) is 0 Å². The highest BCUT2D eigenvalue weighted by molar-refractivity contribution is 5.94. The summed E-state index contributed by atoms with van der Waals surface area (Å²) >= 11 is 0. The summed E-state index contributed by atoms with van der Waals surface area (Å²) in [5, 5.41) is 6.26. The number of fused-ring (bicyclic) bond motifs is 1. The number of benzene rings is 1. The van der Waals surface area contributed by atoms with Crippen molar-refractivity contribution in [2.45, 2.75) is 19.4 Å². The summed E-state index contributed by atoms with van der Waals surface area (Å²) in [5.74, 6) is 0.779. The van der Waals surface area contributed by atoms with Crippen LogP contribution in [0.25, 0.3) is 0 Å². The molecule has 2 aliphatic heterocycles. The van der Waals surface area contributed by atoms with Gasteiger partial charge < -0.3 is 20.3 Å². The van der Waals surface area contributed by atoms with Gasteiger partial charge in [0.15, 0.2) is 0 Å². The predicted octanol–water partition coefficient (Wildman–Crippen LogP) is 1.21. The van der Waals surface area contributed by atoms with E-state index in [0.29, 0.717) is 6.42 Å². The molecule has 0 spiro atoms. The highest BCUT2D eigenvalue weighted by Gasteiger charge is 2.20. The van der Waals surface area contributed by atoms with Gasteiger partial charge in [0.2, 0.25) is 5.91 Å². The number of anilines is 2. The van der Waals surface area contributed by atoms with Gasteiger partial charge in [0, 0.05) is 31.9 Å². The van der Waals surface area contributed by atoms with Crippen molar-refractivity contribution in [3.05, 3.63) is 18.2 Å². The highest BCUT2D eigenvalue weighted by atomic mass is 16.5. The van der Waals surface area contributed by atoms with E-state index in [9.17, 15) is 4.79 Å². The molecule has 1 amide bonds. The minimum atomic E-state index is -0.0775. The molecule has 0 aromatic heterocycles. The van der Waals surface area contributed by atoms with Crippen LogP contribution in [0.2, 0.25) is 0 Å². The number of hydrogen-bond acceptors (Lipinski definition) is 4. The first-order valence-corrected chi connectivity index (χ1v) is 6.78. The van der Waals surface area contributed by atoms with Crippen LogP contribution in [0, 0.1) is 0 Å². The Hall–Kier alpha value is -1.75. The zero-order chi connectivity index (χ0) is 13.2. The second kappa shape index (κ2) is 5.09. The van der Waals surface area contributed by atoms with Crippen molar-refractivity contribution in [1.29, 1.82) is 0 Å². The van der Waals surface area contributed by atoms with E-state index in [0.717, 1.165) is 43.3 Å². The third-order valence-electron chi connectivity index (χ3n) is 3.52. The Balaban J connectivity index is 1.87. The van der Waals surface area contributed by atoms with Crippen LogP contribution in [0.4, 0.5) is 11.4 Å². The van der Waals surface area contributed by atoms with Gasteiger partial charge in [-0.1, -0.05) is 0 Å². The Morgan fingerprint density at radius 2 is 2.11 bits per heavy atom. The van der Waals surface area contributed by atoms with E-state index >= 15 is 0 Å². The molecule has 1 aromatic carbocycles. The van der Waals surface area contributed by atoms with Gasteiger partial charge in [0.1, 0.15) is 11.9 Å². The molecule has 0 aliphatic carbocycles. The van der Waals surface area contributed by atoms with Crippen molar-refractivity contribution in [1.82, 2.24) is 5.32 Å². The summed E-state index contributed by atoms with van der Waals surface area (Å²) in [6.07, 6.45) is 0.323. The second-order valence-electron chi connectivity index (χ2n) is 5.10. The Morgan fingerprint density at radius 1 is 1.32 bits per heavy atom. The van der Waals surface area contributed by atoms with Gasteiger partial charge in [-0.2, -0.15) is 0 Å². The van der Waals surface area contributed by atoms with Crippen LogP contribution < -0.4 is 20.3 Å². The monoisotopic (exact) mass is 261 g/mol. The average molecular weight is 261 g/mol. The van der Waals surface area contributed by atoms with Gasteiger partial charge in [-0.3, -0.25) is 4.79 Å². The molecule has 5 heteroatoms. The zero-order valence-corrected chi connectivity index (χ0v) is 11.1. The molecule has 1 unspecified atom stereocenters. The van der Waals surface area contributed by atoms with Crippen LogP contribution in [0.15, 0.2) is 18.2 Å². The molecule has 1 aromatic rings. The lowest BCUT2D eigenvalue weighted by atomic mass is 10.2. The Kier molecular flexibility index (Phi) is 3.29. The molecule has 2 heterocycles. The smallest absolute Gasteiger partial charge is 0.228 e. The topological polar surface area (TPSA) is 53.6 Å². The highest BCUT2D eigenvalue weighted by Crippen LogP contribution is 2.33. The average Bonchev–Trinajstić information content (AvgIpc) is 2.55. The third-order valence-corrected chi connectivity index (χ3v) is 3.52. The number of ether oxygens (including phenoxy) is 1. The van der Waals surface area contributed by atoms with E-state index in [1.165, 1.54) is 0 Å². The van der Waals surface area contributed by atoms with E-state index in [2.05, 4.69) is 21.6 Å². The van der Waals surface area contributed by atoms with E-state index in [4.69, 9.17) is 4.74 Å². The van der Waals surface area contributed by atoms with E-state index in [1.54, 1.807) is 0 Å². The van der Waals surface area contributed by atoms with Crippen molar-refractivity contribution < 1.29 is 9.53 Å². The molecule has 5 nitrogen and oxygen atoms in total. The normalized spacial score (nSPS) is 23.1. The van der Waals surface area contributed by atoms with Gasteiger partial charge in [-0.15, -0.1) is 0 Å². The maximum Gasteiger partial charge on any atom is 0.228 e. The molecule has 1 fully saturated rings. The minimum Gasteiger partial charge on any atom is -0.488 e. The first-order valence-electron chi connectivity index (χ1n) is 6.78. The molecule has 3 rings (SSSR count). The lowest BCUT2D eigenvalue weighted by Gasteiger charge is -2.30. The van der Waals surface area contributed by atoms with E-state index in [-0.39, 0.29) is 12.0 Å². The van der Waals surface area contributed by atoms with Gasteiger partial charge in [-0.05, 0) is 25.1 Å². The second-order valence-corrected chi connectivity index (χ2v) is 5.10. The van der Waals surface area contributed by atoms with Crippen molar-refractivity contribution in [3.63, 3.8) is 0 Å². The first-order chi connectivity index (χ1) is 9.22. The van der Waals surface area contributed by atoms with E-state index < -0.39 is 0 Å². The summed E-state index contributed by atoms with van der Waals surface area (Å²) < 4.78 is 5.76. The number of rotatable bonds is 1. The predicted molar refractivity (Wildman–Crippen MR) is 74.9 cm³/mol. The third kappa shape index (κ3) is 2.66. The maximum atomic E-state index is 11.7. The summed E-state index contributed by atoms with van der Waals surface area (Å²) in [6, 6.07) is 6.03. The molecule has 1 saturated heterocycles. The fourth-order valence-corrected chi connectivity index (χ4v) is 2.56. The molecule has 19 heavy (non-hydrogen) atoms. The summed E-state index contributed by atoms with van der Waals surface area (Å²) in [6.45, 7) is 5.89. The largest absolute Gasteiger partial charge is 0.488 e. The molecule has 0 saturated carbocycles. The maximum absolute atomic E-state index is 11.7. The fourth-order valence-electron chi connectivity index (χ4n) is 2.56. The van der Waals surface area contributed by atoms with Crippen molar-refractivity contribution in [2.24, 2.45) is 0 Å². The molecule has 102 valence electrons. The summed E-state index contributed by atoms with van der Waals surface area (Å²) in [5.41, 5.74) is 1.92. The first kappa shape index (κ1) is 12.3. The number of amides is 1. The molecule has 2 N–H and O–H groups in total. The lowest BCUT2D eigenvalue weighted by molar-refractivity contribution is -0.117. The number of hydrogen-bond donors (Lipinski definition) is 2. The van der Waals surface area contributed by atoms with Crippen LogP contribution in [-0.4, -0.2) is 38.2 Å². The van der Waals surface area contributed by atoms with Crippen LogP contribution >= 0.6 is 0 Å². The Morgan fingerprint density at radius 3 is 2.89 bits per heavy atom. The number of carbonyl (C=O) groups is 1. The number of nitrogens with one attached hydrogen (secondary N) is 2. The van der Waals surface area contributed by atoms with Crippen LogP contribution in [-0.2, 0) is 4.79 Å². The van der Waals surface area contributed by atoms with Gasteiger partial charge in [0.25, 0.3) is 0 Å². The standard InChI is InChI=1S/C14H19N3O2/c1-10-8-14(18)16-12-9-11(2-3-13(12)19-10)17-6-4-15-5-7-17/h2-3,9-10,15H,4-8H2,1H3,(H,16,18). The summed E-state index contributed by atoms with van der Waals surface area (Å²) in [7, 11) is 0. The van der Waals surface area contributed by atoms with Gasteiger partial charge in [-0.25, -0.2) is 0 Å². The molecular weight excluding hydrogens is 242 g/mol. The molecule has 0 bridgehead atoms. The Labute approximate surface area is 112 Å². The van der Waals surface area contributed by atoms with Gasteiger partial charge in [0.05, 0.1) is 12.1 Å². The number of carbonyl (C=O) groups excluding carboxylic acids is 1. The zero-order valence-electron chi connectivity index (χ0n) is 11.1. The van der Waals surface area contributed by atoms with Crippen molar-refractivity contribution >= 4 is 17.3 Å². The molecule has 1 atom stereocenters. The SMILES string of the molecule is CC1CC(=O)Nc2cc(N3CCNCC3)ccc2O1. The fraction of sp³-hybridized carbons (Fsp3) is 0.500. The Bertz CT molecular complexity index is 484. The molecule has 2 aliphatic rings. The number of piperazine rings is 1. The van der Waals surface area contributed by atoms with E-state index in [1.807, 2.05) is 19.1 Å².